The first-order valence-corrected chi connectivity index (χ1v) is 9.93. The molecule has 1 unspecified atom stereocenters. The van der Waals surface area contributed by atoms with E-state index in [9.17, 15) is 18.0 Å². The predicted molar refractivity (Wildman–Crippen MR) is 107 cm³/mol. The van der Waals surface area contributed by atoms with E-state index < -0.39 is 11.7 Å². The molecule has 0 aliphatic carbocycles. The molecular weight excluding hydrogens is 399 g/mol. The molecule has 1 aliphatic rings. The number of carbonyl (C=O) groups is 1. The van der Waals surface area contributed by atoms with Crippen LogP contribution in [0.3, 0.4) is 0 Å². The molecule has 0 fully saturated rings. The smallest absolute Gasteiger partial charge is 0.416 e. The maximum atomic E-state index is 12.8. The minimum Gasteiger partial charge on any atom is -0.473 e. The number of amides is 1. The van der Waals surface area contributed by atoms with Gasteiger partial charge in [0.05, 0.1) is 24.1 Å². The summed E-state index contributed by atoms with van der Waals surface area (Å²) in [5.74, 6) is -0.126. The Morgan fingerprint density at radius 1 is 1.17 bits per heavy atom. The molecule has 1 aliphatic heterocycles. The van der Waals surface area contributed by atoms with Gasteiger partial charge in [-0.05, 0) is 66.3 Å². The Labute approximate surface area is 171 Å². The van der Waals surface area contributed by atoms with Gasteiger partial charge in [0.25, 0.3) is 0 Å². The van der Waals surface area contributed by atoms with Gasteiger partial charge in [-0.15, -0.1) is 11.3 Å². The van der Waals surface area contributed by atoms with Gasteiger partial charge in [0.2, 0.25) is 5.91 Å². The van der Waals surface area contributed by atoms with E-state index in [4.69, 9.17) is 0 Å². The van der Waals surface area contributed by atoms with Gasteiger partial charge in [0.15, 0.2) is 0 Å². The molecule has 0 bridgehead atoms. The summed E-state index contributed by atoms with van der Waals surface area (Å²) in [6, 6.07) is 10.4. The highest BCUT2D eigenvalue weighted by molar-refractivity contribution is 7.10. The molecule has 0 spiro atoms. The summed E-state index contributed by atoms with van der Waals surface area (Å²) in [7, 11) is 0. The average molecular weight is 419 g/mol. The molecule has 1 aromatic carbocycles. The number of hydrogen-bond acceptors (Lipinski definition) is 3. The van der Waals surface area contributed by atoms with Crippen LogP contribution in [0, 0.1) is 0 Å². The third kappa shape index (κ3) is 4.98. The van der Waals surface area contributed by atoms with Crippen molar-refractivity contribution >= 4 is 17.2 Å². The van der Waals surface area contributed by atoms with E-state index in [1.807, 2.05) is 23.6 Å². The predicted octanol–water partition coefficient (Wildman–Crippen LogP) is 6.10. The molecule has 1 atom stereocenters. The van der Waals surface area contributed by atoms with Gasteiger partial charge in [-0.25, -0.2) is 0 Å². The lowest BCUT2D eigenvalue weighted by Crippen LogP contribution is -2.39. The zero-order valence-electron chi connectivity index (χ0n) is 15.7. The Balaban J connectivity index is 0.000000419. The minimum absolute atomic E-state index is 0.126. The van der Waals surface area contributed by atoms with Crippen LogP contribution >= 0.6 is 11.3 Å². The number of rotatable bonds is 2. The Kier molecular flexibility index (Phi) is 6.59. The van der Waals surface area contributed by atoms with Crippen LogP contribution in [-0.2, 0) is 17.4 Å². The van der Waals surface area contributed by atoms with Crippen LogP contribution in [0.2, 0.25) is 0 Å². The van der Waals surface area contributed by atoms with Gasteiger partial charge in [-0.2, -0.15) is 13.2 Å². The van der Waals surface area contributed by atoms with Crippen LogP contribution in [0.25, 0.3) is 0 Å². The number of fused-ring (bicyclic) bond motifs is 1. The fraction of sp³-hybridized carbons (Fsp3) is 0.227. The van der Waals surface area contributed by atoms with Crippen molar-refractivity contribution in [3.63, 3.8) is 0 Å². The Bertz CT molecular complexity index is 926. The van der Waals surface area contributed by atoms with Crippen LogP contribution < -0.4 is 0 Å². The normalized spacial score (nSPS) is 16.3. The van der Waals surface area contributed by atoms with E-state index in [0.29, 0.717) is 12.1 Å². The second kappa shape index (κ2) is 9.13. The standard InChI is InChI=1S/C18H16F3NOS.C4H4O/c1-2-3-16(23)22-10-8-15-14(9-11-24-15)17(22)12-4-6-13(7-5-12)18(19,20)21;1-2-4-5-3-1/h2-7,9,11,17H,8,10H2,1H3;1-4H/b3-2+;. The summed E-state index contributed by atoms with van der Waals surface area (Å²) < 4.78 is 42.9. The zero-order valence-corrected chi connectivity index (χ0v) is 16.5. The molecule has 3 aromatic rings. The second-order valence-corrected chi connectivity index (χ2v) is 7.40. The number of carbonyl (C=O) groups excluding carboxylic acids is 1. The van der Waals surface area contributed by atoms with E-state index in [2.05, 4.69) is 4.42 Å². The SMILES string of the molecule is C/C=C/C(=O)N1CCc2sccc2C1c1ccc(C(F)(F)F)cc1.c1ccoc1. The summed E-state index contributed by atoms with van der Waals surface area (Å²) in [4.78, 5) is 15.3. The van der Waals surface area contributed by atoms with Gasteiger partial charge < -0.3 is 9.32 Å². The number of thiophene rings is 1. The lowest BCUT2D eigenvalue weighted by atomic mass is 9.92. The molecule has 0 radical (unpaired) electrons. The highest BCUT2D eigenvalue weighted by Gasteiger charge is 2.34. The number of benzene rings is 1. The Morgan fingerprint density at radius 3 is 2.41 bits per heavy atom. The van der Waals surface area contributed by atoms with Gasteiger partial charge >= 0.3 is 6.18 Å². The Morgan fingerprint density at radius 2 is 1.86 bits per heavy atom. The van der Waals surface area contributed by atoms with Crippen LogP contribution in [0.1, 0.15) is 34.5 Å². The van der Waals surface area contributed by atoms with Crippen molar-refractivity contribution in [3.05, 3.63) is 94.1 Å². The minimum atomic E-state index is -4.36. The van der Waals surface area contributed by atoms with E-state index in [1.54, 1.807) is 41.8 Å². The first-order chi connectivity index (χ1) is 13.9. The molecule has 4 rings (SSSR count). The number of halogens is 3. The monoisotopic (exact) mass is 419 g/mol. The lowest BCUT2D eigenvalue weighted by molar-refractivity contribution is -0.137. The summed E-state index contributed by atoms with van der Waals surface area (Å²) in [6.45, 7) is 2.33. The maximum absolute atomic E-state index is 12.8. The summed E-state index contributed by atoms with van der Waals surface area (Å²) >= 11 is 1.62. The van der Waals surface area contributed by atoms with Gasteiger partial charge in [-0.1, -0.05) is 18.2 Å². The maximum Gasteiger partial charge on any atom is 0.416 e. The topological polar surface area (TPSA) is 33.5 Å². The fourth-order valence-electron chi connectivity index (χ4n) is 3.23. The highest BCUT2D eigenvalue weighted by atomic mass is 32.1. The summed E-state index contributed by atoms with van der Waals surface area (Å²) in [5.41, 5.74) is 1.02. The average Bonchev–Trinajstić information content (AvgIpc) is 3.41. The van der Waals surface area contributed by atoms with Gasteiger partial charge in [-0.3, -0.25) is 4.79 Å². The number of alkyl halides is 3. The third-order valence-corrected chi connectivity index (χ3v) is 5.53. The quantitative estimate of drug-likeness (QED) is 0.471. The van der Waals surface area contributed by atoms with Crippen molar-refractivity contribution in [2.75, 3.05) is 6.54 Å². The van der Waals surface area contributed by atoms with E-state index in [0.717, 1.165) is 24.1 Å². The van der Waals surface area contributed by atoms with Gasteiger partial charge in [0, 0.05) is 11.4 Å². The van der Waals surface area contributed by atoms with Crippen molar-refractivity contribution in [2.45, 2.75) is 25.6 Å². The lowest BCUT2D eigenvalue weighted by Gasteiger charge is -2.35. The van der Waals surface area contributed by atoms with Crippen LogP contribution in [-0.4, -0.2) is 17.4 Å². The molecule has 0 saturated carbocycles. The molecule has 1 amide bonds. The van der Waals surface area contributed by atoms with Gasteiger partial charge in [0.1, 0.15) is 0 Å². The van der Waals surface area contributed by atoms with E-state index in [1.165, 1.54) is 23.1 Å². The molecule has 2 aromatic heterocycles. The van der Waals surface area contributed by atoms with Crippen LogP contribution in [0.4, 0.5) is 13.2 Å². The molecule has 29 heavy (non-hydrogen) atoms. The van der Waals surface area contributed by atoms with Crippen molar-refractivity contribution in [2.24, 2.45) is 0 Å². The Hall–Kier alpha value is -2.80. The summed E-state index contributed by atoms with van der Waals surface area (Å²) in [6.07, 6.45) is 2.83. The molecule has 7 heteroatoms. The highest BCUT2D eigenvalue weighted by Crippen LogP contribution is 2.39. The fourth-order valence-corrected chi connectivity index (χ4v) is 4.14. The number of allylic oxidation sites excluding steroid dienone is 1. The first kappa shape index (κ1) is 20.9. The number of hydrogen-bond donors (Lipinski definition) is 0. The second-order valence-electron chi connectivity index (χ2n) is 6.40. The molecule has 0 N–H and O–H groups in total. The van der Waals surface area contributed by atoms with Crippen molar-refractivity contribution in [3.8, 4) is 0 Å². The van der Waals surface area contributed by atoms with Crippen LogP contribution in [0.5, 0.6) is 0 Å². The largest absolute Gasteiger partial charge is 0.473 e. The van der Waals surface area contributed by atoms with Crippen LogP contribution in [0.15, 0.2) is 76.9 Å². The number of nitrogens with zero attached hydrogens (tertiary/aromatic N) is 1. The summed E-state index contributed by atoms with van der Waals surface area (Å²) in [5, 5.41) is 1.96. The molecule has 3 heterocycles. The zero-order chi connectivity index (χ0) is 20.9. The van der Waals surface area contributed by atoms with Crippen molar-refractivity contribution < 1.29 is 22.4 Å². The van der Waals surface area contributed by atoms with E-state index in [-0.39, 0.29) is 11.9 Å². The van der Waals surface area contributed by atoms with Crippen molar-refractivity contribution in [1.29, 1.82) is 0 Å². The molecule has 152 valence electrons. The third-order valence-electron chi connectivity index (χ3n) is 4.54. The first-order valence-electron chi connectivity index (χ1n) is 9.05. The van der Waals surface area contributed by atoms with E-state index >= 15 is 0 Å². The molecular formula is C22H20F3NO2S. The number of furan rings is 1. The molecule has 0 saturated heterocycles. The van der Waals surface area contributed by atoms with Crippen molar-refractivity contribution in [1.82, 2.24) is 4.90 Å². The molecule has 3 nitrogen and oxygen atoms in total.